The summed E-state index contributed by atoms with van der Waals surface area (Å²) in [5.41, 5.74) is 1.30. The molecule has 0 aliphatic carbocycles. The highest BCUT2D eigenvalue weighted by Gasteiger charge is 2.27. The molecule has 1 heterocycles. The smallest absolute Gasteiger partial charge is 0.243 e. The number of hydrogen-bond acceptors (Lipinski definition) is 6. The van der Waals surface area contributed by atoms with Gasteiger partial charge in [0.05, 0.1) is 42.5 Å². The summed E-state index contributed by atoms with van der Waals surface area (Å²) in [5, 5.41) is 2.89. The van der Waals surface area contributed by atoms with Crippen molar-refractivity contribution in [3.63, 3.8) is 0 Å². The molecule has 0 spiro atoms. The Morgan fingerprint density at radius 3 is 2.50 bits per heavy atom. The van der Waals surface area contributed by atoms with Crippen LogP contribution < -0.4 is 10.2 Å². The van der Waals surface area contributed by atoms with E-state index in [4.69, 9.17) is 9.47 Å². The van der Waals surface area contributed by atoms with Crippen molar-refractivity contribution in [1.29, 1.82) is 0 Å². The molecular weight excluding hydrogens is 406 g/mol. The molecule has 0 unspecified atom stereocenters. The van der Waals surface area contributed by atoms with Gasteiger partial charge in [0.2, 0.25) is 15.9 Å². The number of amides is 1. The summed E-state index contributed by atoms with van der Waals surface area (Å²) < 4.78 is 38.3. The predicted molar refractivity (Wildman–Crippen MR) is 118 cm³/mol. The van der Waals surface area contributed by atoms with Crippen LogP contribution in [0.25, 0.3) is 0 Å². The Kier molecular flexibility index (Phi) is 9.54. The number of carbonyl (C=O) groups is 1. The number of sulfonamides is 1. The van der Waals surface area contributed by atoms with Crippen LogP contribution in [-0.4, -0.2) is 71.2 Å². The Morgan fingerprint density at radius 1 is 1.23 bits per heavy atom. The van der Waals surface area contributed by atoms with Gasteiger partial charge in [-0.1, -0.05) is 13.8 Å². The lowest BCUT2D eigenvalue weighted by atomic mass is 10.2. The second kappa shape index (κ2) is 11.6. The molecule has 9 heteroatoms. The van der Waals surface area contributed by atoms with Gasteiger partial charge < -0.3 is 19.7 Å². The van der Waals surface area contributed by atoms with Crippen molar-refractivity contribution in [2.75, 3.05) is 62.8 Å². The quantitative estimate of drug-likeness (QED) is 0.531. The molecule has 1 aliphatic heterocycles. The minimum absolute atomic E-state index is 0.173. The summed E-state index contributed by atoms with van der Waals surface area (Å²) in [6.07, 6.45) is 0.213. The van der Waals surface area contributed by atoms with Gasteiger partial charge in [0.25, 0.3) is 0 Å². The summed E-state index contributed by atoms with van der Waals surface area (Å²) in [4.78, 5) is 14.7. The van der Waals surface area contributed by atoms with E-state index in [-0.39, 0.29) is 17.2 Å². The molecule has 0 bridgehead atoms. The third-order valence-electron chi connectivity index (χ3n) is 4.88. The summed E-state index contributed by atoms with van der Waals surface area (Å²) >= 11 is 0. The van der Waals surface area contributed by atoms with Crippen LogP contribution in [0.3, 0.4) is 0 Å². The number of benzene rings is 1. The molecule has 1 fully saturated rings. The highest BCUT2D eigenvalue weighted by molar-refractivity contribution is 7.89. The fourth-order valence-corrected chi connectivity index (χ4v) is 4.68. The van der Waals surface area contributed by atoms with Crippen molar-refractivity contribution in [2.24, 2.45) is 5.92 Å². The van der Waals surface area contributed by atoms with Crippen LogP contribution in [0, 0.1) is 5.92 Å². The van der Waals surface area contributed by atoms with E-state index in [1.54, 1.807) is 18.2 Å². The lowest BCUT2D eigenvalue weighted by Gasteiger charge is -2.28. The maximum absolute atomic E-state index is 13.0. The van der Waals surface area contributed by atoms with Gasteiger partial charge in [-0.2, -0.15) is 4.31 Å². The van der Waals surface area contributed by atoms with Gasteiger partial charge in [-0.3, -0.25) is 4.79 Å². The topological polar surface area (TPSA) is 88.2 Å². The summed E-state index contributed by atoms with van der Waals surface area (Å²) in [7, 11) is -3.65. The highest BCUT2D eigenvalue weighted by atomic mass is 32.2. The van der Waals surface area contributed by atoms with Crippen LogP contribution in [0.1, 0.15) is 34.1 Å². The standard InChI is InChI=1S/C21H35N3O5S/c1-5-23(6-2)20-8-7-18(30(26,27)24-10-13-28-14-11-24)15-19(20)22-21(25)9-12-29-16-17(3)4/h7-8,15,17H,5-6,9-14,16H2,1-4H3,(H,22,25). The van der Waals surface area contributed by atoms with E-state index in [0.29, 0.717) is 51.1 Å². The van der Waals surface area contributed by atoms with E-state index >= 15 is 0 Å². The number of nitrogens with zero attached hydrogens (tertiary/aromatic N) is 2. The summed E-state index contributed by atoms with van der Waals surface area (Å²) in [5.74, 6) is 0.206. The number of hydrogen-bond donors (Lipinski definition) is 1. The lowest BCUT2D eigenvalue weighted by molar-refractivity contribution is -0.117. The third kappa shape index (κ3) is 6.66. The highest BCUT2D eigenvalue weighted by Crippen LogP contribution is 2.30. The van der Waals surface area contributed by atoms with Crippen LogP contribution in [0.15, 0.2) is 23.1 Å². The van der Waals surface area contributed by atoms with Crippen LogP contribution >= 0.6 is 0 Å². The molecule has 170 valence electrons. The molecule has 2 rings (SSSR count). The molecule has 1 amide bonds. The van der Waals surface area contributed by atoms with Gasteiger partial charge >= 0.3 is 0 Å². The predicted octanol–water partition coefficient (Wildman–Crippen LogP) is 2.55. The number of morpholine rings is 1. The van der Waals surface area contributed by atoms with E-state index in [1.807, 2.05) is 13.8 Å². The fraction of sp³-hybridized carbons (Fsp3) is 0.667. The average molecular weight is 442 g/mol. The van der Waals surface area contributed by atoms with Gasteiger partial charge in [-0.15, -0.1) is 0 Å². The summed E-state index contributed by atoms with van der Waals surface area (Å²) in [6.45, 7) is 12.0. The van der Waals surface area contributed by atoms with Crippen molar-refractivity contribution < 1.29 is 22.7 Å². The second-order valence-electron chi connectivity index (χ2n) is 7.63. The van der Waals surface area contributed by atoms with Gasteiger partial charge in [0.15, 0.2) is 0 Å². The Balaban J connectivity index is 2.23. The number of carbonyl (C=O) groups excluding carboxylic acids is 1. The van der Waals surface area contributed by atoms with Crippen LogP contribution in [-0.2, 0) is 24.3 Å². The van der Waals surface area contributed by atoms with E-state index in [2.05, 4.69) is 24.1 Å². The largest absolute Gasteiger partial charge is 0.381 e. The number of ether oxygens (including phenoxy) is 2. The molecule has 30 heavy (non-hydrogen) atoms. The molecule has 1 aliphatic rings. The third-order valence-corrected chi connectivity index (χ3v) is 6.77. The van der Waals surface area contributed by atoms with E-state index in [1.165, 1.54) is 4.31 Å². The van der Waals surface area contributed by atoms with Crippen molar-refractivity contribution in [3.05, 3.63) is 18.2 Å². The maximum atomic E-state index is 13.0. The van der Waals surface area contributed by atoms with Gasteiger partial charge in [-0.25, -0.2) is 8.42 Å². The SMILES string of the molecule is CCN(CC)c1ccc(S(=O)(=O)N2CCOCC2)cc1NC(=O)CCOCC(C)C. The van der Waals surface area contributed by atoms with E-state index in [0.717, 1.165) is 18.8 Å². The Morgan fingerprint density at radius 2 is 1.90 bits per heavy atom. The van der Waals surface area contributed by atoms with Gasteiger partial charge in [0.1, 0.15) is 0 Å². The first-order valence-corrected chi connectivity index (χ1v) is 12.1. The minimum atomic E-state index is -3.65. The maximum Gasteiger partial charge on any atom is 0.243 e. The molecule has 1 aromatic rings. The minimum Gasteiger partial charge on any atom is -0.381 e. The van der Waals surface area contributed by atoms with Gasteiger partial charge in [0, 0.05) is 32.8 Å². The van der Waals surface area contributed by atoms with E-state index < -0.39 is 10.0 Å². The van der Waals surface area contributed by atoms with Crippen molar-refractivity contribution in [3.8, 4) is 0 Å². The molecule has 1 aromatic carbocycles. The fourth-order valence-electron chi connectivity index (χ4n) is 3.25. The van der Waals surface area contributed by atoms with Crippen LogP contribution in [0.5, 0.6) is 0 Å². The van der Waals surface area contributed by atoms with Crippen molar-refractivity contribution in [1.82, 2.24) is 4.31 Å². The average Bonchev–Trinajstić information content (AvgIpc) is 2.73. The molecule has 8 nitrogen and oxygen atoms in total. The Bertz CT molecular complexity index is 788. The van der Waals surface area contributed by atoms with E-state index in [9.17, 15) is 13.2 Å². The second-order valence-corrected chi connectivity index (χ2v) is 9.57. The zero-order valence-corrected chi connectivity index (χ0v) is 19.3. The molecular formula is C21H35N3O5S. The van der Waals surface area contributed by atoms with Crippen molar-refractivity contribution >= 4 is 27.3 Å². The molecule has 0 saturated carbocycles. The number of nitrogens with one attached hydrogen (secondary N) is 1. The number of anilines is 2. The zero-order valence-electron chi connectivity index (χ0n) is 18.5. The molecule has 1 N–H and O–H groups in total. The van der Waals surface area contributed by atoms with Crippen molar-refractivity contribution in [2.45, 2.75) is 39.0 Å². The number of rotatable bonds is 11. The van der Waals surface area contributed by atoms with Gasteiger partial charge in [-0.05, 0) is 38.0 Å². The first kappa shape index (κ1) is 24.6. The Labute approximate surface area is 180 Å². The molecule has 0 atom stereocenters. The monoisotopic (exact) mass is 441 g/mol. The van der Waals surface area contributed by atoms with Crippen LogP contribution in [0.2, 0.25) is 0 Å². The normalized spacial score (nSPS) is 15.4. The molecule has 0 aromatic heterocycles. The Hall–Kier alpha value is -1.68. The zero-order chi connectivity index (χ0) is 22.1. The molecule has 0 radical (unpaired) electrons. The van der Waals surface area contributed by atoms with Crippen LogP contribution in [0.4, 0.5) is 11.4 Å². The summed E-state index contributed by atoms with van der Waals surface area (Å²) in [6, 6.07) is 4.94. The first-order valence-electron chi connectivity index (χ1n) is 10.6. The lowest BCUT2D eigenvalue weighted by Crippen LogP contribution is -2.40. The molecule has 1 saturated heterocycles. The first-order chi connectivity index (χ1) is 14.3.